The van der Waals surface area contributed by atoms with Crippen LogP contribution in [0.5, 0.6) is 0 Å². The second-order valence-electron chi connectivity index (χ2n) is 5.88. The number of aliphatic imine (C=N–C) groups is 1. The van der Waals surface area contributed by atoms with E-state index in [1.165, 1.54) is 6.20 Å². The van der Waals surface area contributed by atoms with Gasteiger partial charge in [-0.05, 0) is 23.4 Å². The van der Waals surface area contributed by atoms with Crippen molar-refractivity contribution in [2.75, 3.05) is 0 Å². The van der Waals surface area contributed by atoms with Crippen LogP contribution in [0.3, 0.4) is 0 Å². The fourth-order valence-corrected chi connectivity index (χ4v) is 3.23. The normalized spacial score (nSPS) is 16.5. The molecule has 27 heavy (non-hydrogen) atoms. The summed E-state index contributed by atoms with van der Waals surface area (Å²) in [4.78, 5) is 38.6. The highest BCUT2D eigenvalue weighted by molar-refractivity contribution is 7.12. The largest absolute Gasteiger partial charge is 0.481 e. The van der Waals surface area contributed by atoms with Gasteiger partial charge < -0.3 is 26.6 Å². The molecule has 0 bridgehead atoms. The summed E-state index contributed by atoms with van der Waals surface area (Å²) in [6.07, 6.45) is 1.09. The number of carboxylic acids is 2. The summed E-state index contributed by atoms with van der Waals surface area (Å²) >= 11 is 1.11. The van der Waals surface area contributed by atoms with Crippen LogP contribution in [-0.4, -0.2) is 45.8 Å². The maximum atomic E-state index is 12.5. The Hall–Kier alpha value is -2.96. The van der Waals surface area contributed by atoms with Crippen LogP contribution in [0.4, 0.5) is 0 Å². The van der Waals surface area contributed by atoms with Gasteiger partial charge in [0.1, 0.15) is 6.04 Å². The molecule has 0 fully saturated rings. The molecule has 1 aliphatic heterocycles. The first-order chi connectivity index (χ1) is 12.6. The molecule has 1 amide bonds. The standard InChI is InChI=1S/C15H20N6O5S/c16-14-19-6-8(15(17,18)21-14)5-7-3-4-27-11(7)12(24)20-9(13(25)26)1-2-10(22)23/h3-4,6,9H,1-2,5,17-18H2,(H,20,24)(H,22,23)(H,25,26)(H3,16,19,21)/t9-/m0/s1. The lowest BCUT2D eigenvalue weighted by atomic mass is 10.0. The Bertz CT molecular complexity index is 815. The maximum Gasteiger partial charge on any atom is 0.326 e. The lowest BCUT2D eigenvalue weighted by molar-refractivity contribution is -0.140. The number of hydrogen-bond acceptors (Lipinski definition) is 9. The Balaban J connectivity index is 2.12. The summed E-state index contributed by atoms with van der Waals surface area (Å²) in [5, 5.41) is 24.6. The zero-order valence-corrected chi connectivity index (χ0v) is 15.0. The number of guanidine groups is 1. The molecule has 12 heteroatoms. The van der Waals surface area contributed by atoms with Crippen molar-refractivity contribution in [3.8, 4) is 0 Å². The Morgan fingerprint density at radius 2 is 2.04 bits per heavy atom. The second-order valence-corrected chi connectivity index (χ2v) is 6.80. The fourth-order valence-electron chi connectivity index (χ4n) is 2.40. The minimum Gasteiger partial charge on any atom is -0.481 e. The first-order valence-electron chi connectivity index (χ1n) is 7.81. The van der Waals surface area contributed by atoms with Crippen LogP contribution in [0.1, 0.15) is 28.1 Å². The number of rotatable bonds is 8. The third kappa shape index (κ3) is 5.26. The minimum atomic E-state index is -1.53. The minimum absolute atomic E-state index is 0.0646. The third-order valence-electron chi connectivity index (χ3n) is 3.80. The Morgan fingerprint density at radius 1 is 1.33 bits per heavy atom. The van der Waals surface area contributed by atoms with Crippen LogP contribution in [0, 0.1) is 0 Å². The van der Waals surface area contributed by atoms with E-state index in [1.54, 1.807) is 11.4 Å². The van der Waals surface area contributed by atoms with Gasteiger partial charge in [-0.3, -0.25) is 21.1 Å². The highest BCUT2D eigenvalue weighted by Gasteiger charge is 2.29. The van der Waals surface area contributed by atoms with E-state index in [2.05, 4.69) is 15.6 Å². The lowest BCUT2D eigenvalue weighted by Crippen LogP contribution is -2.55. The molecule has 0 radical (unpaired) electrons. The van der Waals surface area contributed by atoms with Crippen molar-refractivity contribution in [1.82, 2.24) is 10.6 Å². The van der Waals surface area contributed by atoms with E-state index in [-0.39, 0.29) is 30.1 Å². The van der Waals surface area contributed by atoms with Gasteiger partial charge in [-0.25, -0.2) is 9.79 Å². The van der Waals surface area contributed by atoms with Crippen LogP contribution in [0.2, 0.25) is 0 Å². The second kappa shape index (κ2) is 8.16. The number of thiophene rings is 1. The first kappa shape index (κ1) is 20.4. The van der Waals surface area contributed by atoms with Gasteiger partial charge in [-0.15, -0.1) is 11.3 Å². The Morgan fingerprint density at radius 3 is 2.63 bits per heavy atom. The molecule has 11 nitrogen and oxygen atoms in total. The van der Waals surface area contributed by atoms with Gasteiger partial charge >= 0.3 is 11.9 Å². The van der Waals surface area contributed by atoms with Crippen LogP contribution in [0.15, 0.2) is 28.2 Å². The molecule has 1 aliphatic rings. The Labute approximate surface area is 157 Å². The van der Waals surface area contributed by atoms with Crippen molar-refractivity contribution in [1.29, 1.82) is 0 Å². The molecule has 2 heterocycles. The molecule has 0 aromatic carbocycles. The number of aliphatic carboxylic acids is 2. The molecule has 1 aromatic heterocycles. The maximum absolute atomic E-state index is 12.5. The molecule has 2 rings (SSSR count). The number of nitrogens with two attached hydrogens (primary N) is 3. The van der Waals surface area contributed by atoms with Crippen molar-refractivity contribution in [2.45, 2.75) is 31.1 Å². The fraction of sp³-hybridized carbons (Fsp3) is 0.333. The number of hydrogen-bond donors (Lipinski definition) is 7. The van der Waals surface area contributed by atoms with E-state index in [4.69, 9.17) is 22.3 Å². The number of carbonyl (C=O) groups is 3. The van der Waals surface area contributed by atoms with Gasteiger partial charge in [-0.2, -0.15) is 0 Å². The van der Waals surface area contributed by atoms with Crippen LogP contribution < -0.4 is 27.8 Å². The number of nitrogens with one attached hydrogen (secondary N) is 2. The van der Waals surface area contributed by atoms with Crippen LogP contribution >= 0.6 is 11.3 Å². The van der Waals surface area contributed by atoms with E-state index in [1.807, 2.05) is 0 Å². The monoisotopic (exact) mass is 396 g/mol. The molecule has 146 valence electrons. The van der Waals surface area contributed by atoms with Crippen molar-refractivity contribution in [3.63, 3.8) is 0 Å². The van der Waals surface area contributed by atoms with E-state index in [0.717, 1.165) is 11.3 Å². The highest BCUT2D eigenvalue weighted by Crippen LogP contribution is 2.24. The van der Waals surface area contributed by atoms with Crippen LogP contribution in [0.25, 0.3) is 0 Å². The quantitative estimate of drug-likeness (QED) is 0.260. The molecule has 10 N–H and O–H groups in total. The molecule has 1 aromatic rings. The van der Waals surface area contributed by atoms with Gasteiger partial charge in [0.2, 0.25) is 0 Å². The summed E-state index contributed by atoms with van der Waals surface area (Å²) in [7, 11) is 0. The smallest absolute Gasteiger partial charge is 0.326 e. The van der Waals surface area contributed by atoms with Crippen molar-refractivity contribution in [3.05, 3.63) is 33.7 Å². The third-order valence-corrected chi connectivity index (χ3v) is 4.75. The molecule has 0 spiro atoms. The topological polar surface area (TPSA) is 206 Å². The Kier molecular flexibility index (Phi) is 6.15. The first-order valence-corrected chi connectivity index (χ1v) is 8.69. The van der Waals surface area contributed by atoms with Crippen molar-refractivity contribution in [2.24, 2.45) is 22.2 Å². The molecule has 0 saturated heterocycles. The van der Waals surface area contributed by atoms with Gasteiger partial charge in [0, 0.05) is 24.6 Å². The molecule has 0 aliphatic carbocycles. The summed E-state index contributed by atoms with van der Waals surface area (Å²) in [5.41, 5.74) is 18.4. The summed E-state index contributed by atoms with van der Waals surface area (Å²) in [5.74, 6) is -4.55. The molecular formula is C15H20N6O5S. The summed E-state index contributed by atoms with van der Waals surface area (Å²) < 4.78 is 0. The lowest BCUT2D eigenvalue weighted by Gasteiger charge is -2.27. The predicted octanol–water partition coefficient (Wildman–Crippen LogP) is -1.29. The molecular weight excluding hydrogens is 376 g/mol. The predicted molar refractivity (Wildman–Crippen MR) is 97.7 cm³/mol. The summed E-state index contributed by atoms with van der Waals surface area (Å²) in [6, 6.07) is 0.372. The van der Waals surface area contributed by atoms with Crippen molar-refractivity contribution >= 4 is 35.1 Å². The van der Waals surface area contributed by atoms with E-state index in [0.29, 0.717) is 11.1 Å². The SMILES string of the molecule is NC1=NC(N)(N)C(Cc2ccsc2C(=O)N[C@@H](CCC(=O)O)C(=O)O)=CN1. The van der Waals surface area contributed by atoms with E-state index >= 15 is 0 Å². The van der Waals surface area contributed by atoms with E-state index < -0.39 is 29.7 Å². The number of amides is 1. The molecule has 0 saturated carbocycles. The van der Waals surface area contributed by atoms with Gasteiger partial charge in [0.25, 0.3) is 5.91 Å². The zero-order chi connectivity index (χ0) is 20.2. The molecule has 1 atom stereocenters. The number of carbonyl (C=O) groups excluding carboxylic acids is 1. The van der Waals surface area contributed by atoms with Crippen LogP contribution in [-0.2, 0) is 16.0 Å². The van der Waals surface area contributed by atoms with Crippen molar-refractivity contribution < 1.29 is 24.6 Å². The number of nitrogens with zero attached hydrogens (tertiary/aromatic N) is 1. The van der Waals surface area contributed by atoms with Gasteiger partial charge in [0.05, 0.1) is 4.88 Å². The van der Waals surface area contributed by atoms with Gasteiger partial charge in [0.15, 0.2) is 11.7 Å². The van der Waals surface area contributed by atoms with E-state index in [9.17, 15) is 19.5 Å². The number of carboxylic acid groups (broad SMARTS) is 2. The summed E-state index contributed by atoms with van der Waals surface area (Å²) in [6.45, 7) is 0. The highest BCUT2D eigenvalue weighted by atomic mass is 32.1. The molecule has 0 unspecified atom stereocenters. The average Bonchev–Trinajstić information content (AvgIpc) is 3.01. The average molecular weight is 396 g/mol. The van der Waals surface area contributed by atoms with Gasteiger partial charge in [-0.1, -0.05) is 0 Å². The zero-order valence-electron chi connectivity index (χ0n) is 14.1.